The molecule has 0 fully saturated rings. The summed E-state index contributed by atoms with van der Waals surface area (Å²) in [6.07, 6.45) is 1.62. The third-order valence-corrected chi connectivity index (χ3v) is 3.48. The first-order chi connectivity index (χ1) is 10.5. The lowest BCUT2D eigenvalue weighted by atomic mass is 10.1. The van der Waals surface area contributed by atoms with Gasteiger partial charge < -0.3 is 5.32 Å². The molecule has 0 heterocycles. The summed E-state index contributed by atoms with van der Waals surface area (Å²) in [6.45, 7) is 5.87. The van der Waals surface area contributed by atoms with Gasteiger partial charge in [0, 0.05) is 5.69 Å². The van der Waals surface area contributed by atoms with Gasteiger partial charge in [-0.25, -0.2) is 0 Å². The smallest absolute Gasteiger partial charge is 0.266 e. The van der Waals surface area contributed by atoms with E-state index >= 15 is 0 Å². The molecule has 3 nitrogen and oxygen atoms in total. The lowest BCUT2D eigenvalue weighted by Gasteiger charge is -2.09. The van der Waals surface area contributed by atoms with Crippen molar-refractivity contribution in [3.8, 4) is 6.07 Å². The van der Waals surface area contributed by atoms with E-state index in [4.69, 9.17) is 0 Å². The maximum atomic E-state index is 12.3. The molecule has 2 aromatic rings. The van der Waals surface area contributed by atoms with Crippen molar-refractivity contribution in [2.75, 3.05) is 5.32 Å². The van der Waals surface area contributed by atoms with Crippen molar-refractivity contribution in [2.45, 2.75) is 20.8 Å². The molecule has 1 amide bonds. The number of nitriles is 1. The highest BCUT2D eigenvalue weighted by Crippen LogP contribution is 2.18. The maximum Gasteiger partial charge on any atom is 0.266 e. The van der Waals surface area contributed by atoms with E-state index in [0.717, 1.165) is 27.9 Å². The number of aryl methyl sites for hydroxylation is 3. The molecule has 0 radical (unpaired) electrons. The molecule has 0 aliphatic rings. The predicted molar refractivity (Wildman–Crippen MR) is 89.3 cm³/mol. The number of nitrogens with zero attached hydrogens (tertiary/aromatic N) is 1. The van der Waals surface area contributed by atoms with E-state index in [2.05, 4.69) is 5.32 Å². The van der Waals surface area contributed by atoms with Crippen molar-refractivity contribution in [1.82, 2.24) is 0 Å². The average Bonchev–Trinajstić information content (AvgIpc) is 2.49. The van der Waals surface area contributed by atoms with Crippen molar-refractivity contribution in [2.24, 2.45) is 0 Å². The lowest BCUT2D eigenvalue weighted by Crippen LogP contribution is -2.14. The summed E-state index contributed by atoms with van der Waals surface area (Å²) in [5.41, 5.74) is 4.81. The Labute approximate surface area is 130 Å². The van der Waals surface area contributed by atoms with Crippen LogP contribution in [0.1, 0.15) is 22.3 Å². The van der Waals surface area contributed by atoms with E-state index in [9.17, 15) is 10.1 Å². The first-order valence-electron chi connectivity index (χ1n) is 7.07. The Morgan fingerprint density at radius 2 is 1.82 bits per heavy atom. The van der Waals surface area contributed by atoms with Crippen LogP contribution in [0.25, 0.3) is 6.08 Å². The van der Waals surface area contributed by atoms with Crippen molar-refractivity contribution in [3.05, 3.63) is 70.3 Å². The van der Waals surface area contributed by atoms with Crippen LogP contribution in [0.15, 0.2) is 48.0 Å². The summed E-state index contributed by atoms with van der Waals surface area (Å²) < 4.78 is 0. The van der Waals surface area contributed by atoms with E-state index in [1.807, 2.05) is 69.3 Å². The second-order valence-corrected chi connectivity index (χ2v) is 5.30. The quantitative estimate of drug-likeness (QED) is 0.681. The van der Waals surface area contributed by atoms with Gasteiger partial charge in [0.15, 0.2) is 0 Å². The van der Waals surface area contributed by atoms with Crippen LogP contribution in [0.2, 0.25) is 0 Å². The Hall–Kier alpha value is -2.86. The number of rotatable bonds is 3. The molecule has 110 valence electrons. The third kappa shape index (κ3) is 3.62. The van der Waals surface area contributed by atoms with Crippen LogP contribution in [-0.4, -0.2) is 5.91 Å². The monoisotopic (exact) mass is 290 g/mol. The van der Waals surface area contributed by atoms with Crippen molar-refractivity contribution in [1.29, 1.82) is 5.26 Å². The Morgan fingerprint density at radius 3 is 2.45 bits per heavy atom. The van der Waals surface area contributed by atoms with Crippen molar-refractivity contribution in [3.63, 3.8) is 0 Å². The largest absolute Gasteiger partial charge is 0.321 e. The minimum Gasteiger partial charge on any atom is -0.321 e. The molecule has 1 N–H and O–H groups in total. The van der Waals surface area contributed by atoms with Crippen LogP contribution in [0.5, 0.6) is 0 Å². The van der Waals surface area contributed by atoms with E-state index in [1.165, 1.54) is 0 Å². The number of nitrogens with one attached hydrogen (secondary N) is 1. The summed E-state index contributed by atoms with van der Waals surface area (Å²) in [5, 5.41) is 12.1. The van der Waals surface area contributed by atoms with Gasteiger partial charge in [-0.05, 0) is 49.6 Å². The molecule has 0 aromatic heterocycles. The topological polar surface area (TPSA) is 52.9 Å². The van der Waals surface area contributed by atoms with Crippen LogP contribution >= 0.6 is 0 Å². The molecule has 22 heavy (non-hydrogen) atoms. The second kappa shape index (κ2) is 6.73. The van der Waals surface area contributed by atoms with Crippen LogP contribution in [0, 0.1) is 32.1 Å². The number of hydrogen-bond donors (Lipinski definition) is 1. The van der Waals surface area contributed by atoms with Gasteiger partial charge >= 0.3 is 0 Å². The highest BCUT2D eigenvalue weighted by Gasteiger charge is 2.11. The normalized spacial score (nSPS) is 10.9. The molecule has 0 bridgehead atoms. The van der Waals surface area contributed by atoms with E-state index in [-0.39, 0.29) is 5.57 Å². The van der Waals surface area contributed by atoms with Gasteiger partial charge in [0.25, 0.3) is 5.91 Å². The number of carbonyl (C=O) groups is 1. The van der Waals surface area contributed by atoms with Gasteiger partial charge in [0.05, 0.1) is 0 Å². The minimum absolute atomic E-state index is 0.0919. The molecule has 0 spiro atoms. The molecule has 2 aromatic carbocycles. The molecule has 0 aliphatic carbocycles. The predicted octanol–water partition coefficient (Wildman–Crippen LogP) is 4.16. The number of hydrogen-bond acceptors (Lipinski definition) is 2. The summed E-state index contributed by atoms with van der Waals surface area (Å²) >= 11 is 0. The van der Waals surface area contributed by atoms with Crippen molar-refractivity contribution >= 4 is 17.7 Å². The first-order valence-corrected chi connectivity index (χ1v) is 7.07. The summed E-state index contributed by atoms with van der Waals surface area (Å²) in [6, 6.07) is 15.4. The van der Waals surface area contributed by atoms with Crippen molar-refractivity contribution < 1.29 is 4.79 Å². The van der Waals surface area contributed by atoms with Gasteiger partial charge in [-0.2, -0.15) is 5.26 Å². The van der Waals surface area contributed by atoms with E-state index < -0.39 is 5.91 Å². The van der Waals surface area contributed by atoms with Crippen LogP contribution in [0.4, 0.5) is 5.69 Å². The lowest BCUT2D eigenvalue weighted by molar-refractivity contribution is -0.112. The zero-order valence-electron chi connectivity index (χ0n) is 13.0. The molecule has 0 aliphatic heterocycles. The Morgan fingerprint density at radius 1 is 1.09 bits per heavy atom. The van der Waals surface area contributed by atoms with Crippen LogP contribution in [0.3, 0.4) is 0 Å². The second-order valence-electron chi connectivity index (χ2n) is 5.30. The molecule has 0 unspecified atom stereocenters. The average molecular weight is 290 g/mol. The Bertz CT molecular complexity index is 782. The molecule has 3 heteroatoms. The first kappa shape index (κ1) is 15.5. The summed E-state index contributed by atoms with van der Waals surface area (Å²) in [7, 11) is 0. The highest BCUT2D eigenvalue weighted by molar-refractivity contribution is 6.10. The Balaban J connectivity index is 2.27. The Kier molecular flexibility index (Phi) is 4.75. The SMILES string of the molecule is Cc1ccc(NC(=O)/C(C#N)=C\c2ccccc2C)c(C)c1. The summed E-state index contributed by atoms with van der Waals surface area (Å²) in [5.74, 6) is -0.391. The molecule has 0 saturated carbocycles. The summed E-state index contributed by atoms with van der Waals surface area (Å²) in [4.78, 5) is 12.3. The van der Waals surface area contributed by atoms with Gasteiger partial charge in [0.1, 0.15) is 11.6 Å². The fraction of sp³-hybridized carbons (Fsp3) is 0.158. The molecule has 2 rings (SSSR count). The van der Waals surface area contributed by atoms with E-state index in [1.54, 1.807) is 6.08 Å². The van der Waals surface area contributed by atoms with Crippen LogP contribution < -0.4 is 5.32 Å². The zero-order chi connectivity index (χ0) is 16.1. The van der Waals surface area contributed by atoms with Gasteiger partial charge in [-0.15, -0.1) is 0 Å². The molecular formula is C19H18N2O. The van der Waals surface area contributed by atoms with E-state index in [0.29, 0.717) is 0 Å². The van der Waals surface area contributed by atoms with Gasteiger partial charge in [-0.1, -0.05) is 42.0 Å². The minimum atomic E-state index is -0.391. The molecule has 0 atom stereocenters. The third-order valence-electron chi connectivity index (χ3n) is 3.48. The fourth-order valence-corrected chi connectivity index (χ4v) is 2.20. The number of benzene rings is 2. The number of carbonyl (C=O) groups excluding carboxylic acids is 1. The number of anilines is 1. The highest BCUT2D eigenvalue weighted by atomic mass is 16.1. The van der Waals surface area contributed by atoms with Crippen LogP contribution in [-0.2, 0) is 4.79 Å². The van der Waals surface area contributed by atoms with Gasteiger partial charge in [0.2, 0.25) is 0 Å². The zero-order valence-corrected chi connectivity index (χ0v) is 13.0. The molecular weight excluding hydrogens is 272 g/mol. The standard InChI is InChI=1S/C19H18N2O/c1-13-8-9-18(15(3)10-13)21-19(22)17(12-20)11-16-7-5-4-6-14(16)2/h4-11H,1-3H3,(H,21,22)/b17-11-. The number of amides is 1. The fourth-order valence-electron chi connectivity index (χ4n) is 2.20. The maximum absolute atomic E-state index is 12.3. The molecule has 0 saturated heterocycles. The van der Waals surface area contributed by atoms with Gasteiger partial charge in [-0.3, -0.25) is 4.79 Å².